The molecule has 0 bridgehead atoms. The standard InChI is InChI=1S/C15H19NO4/c1-9(2)13(15(18)19)16-14(17)11-7-8-20-12-6-4-3-5-10(11)12/h3-6,9,11,13H,7-8H2,1-2H3,(H,16,17)(H,18,19)/t11?,13-/m0/s1. The molecule has 1 heterocycles. The Labute approximate surface area is 117 Å². The molecular formula is C15H19NO4. The minimum absolute atomic E-state index is 0.161. The molecule has 108 valence electrons. The molecule has 1 aromatic carbocycles. The molecule has 0 fully saturated rings. The van der Waals surface area contributed by atoms with Crippen molar-refractivity contribution < 1.29 is 19.4 Å². The van der Waals surface area contributed by atoms with Crippen molar-refractivity contribution >= 4 is 11.9 Å². The molecule has 2 rings (SSSR count). The molecule has 5 nitrogen and oxygen atoms in total. The van der Waals surface area contributed by atoms with Crippen LogP contribution in [0.1, 0.15) is 31.7 Å². The summed E-state index contributed by atoms with van der Waals surface area (Å²) in [5, 5.41) is 11.8. The van der Waals surface area contributed by atoms with Gasteiger partial charge in [-0.2, -0.15) is 0 Å². The summed E-state index contributed by atoms with van der Waals surface area (Å²) in [6.45, 7) is 4.02. The van der Waals surface area contributed by atoms with E-state index in [2.05, 4.69) is 5.32 Å². The number of hydrogen-bond acceptors (Lipinski definition) is 3. The first-order valence-electron chi connectivity index (χ1n) is 6.75. The number of carbonyl (C=O) groups is 2. The maximum atomic E-state index is 12.4. The molecule has 0 radical (unpaired) electrons. The van der Waals surface area contributed by atoms with Crippen LogP contribution in [0.4, 0.5) is 0 Å². The average Bonchev–Trinajstić information content (AvgIpc) is 2.43. The maximum Gasteiger partial charge on any atom is 0.326 e. The molecule has 20 heavy (non-hydrogen) atoms. The molecule has 1 aliphatic heterocycles. The van der Waals surface area contributed by atoms with Gasteiger partial charge in [-0.05, 0) is 18.4 Å². The number of carboxylic acid groups (broad SMARTS) is 1. The quantitative estimate of drug-likeness (QED) is 0.879. The molecule has 0 aliphatic carbocycles. The molecule has 1 aromatic rings. The zero-order valence-corrected chi connectivity index (χ0v) is 11.6. The van der Waals surface area contributed by atoms with Crippen molar-refractivity contribution in [3.8, 4) is 5.75 Å². The molecule has 0 saturated heterocycles. The summed E-state index contributed by atoms with van der Waals surface area (Å²) in [6, 6.07) is 6.52. The number of carbonyl (C=O) groups excluding carboxylic acids is 1. The Kier molecular flexibility index (Phi) is 4.27. The van der Waals surface area contributed by atoms with E-state index in [1.807, 2.05) is 24.3 Å². The first kappa shape index (κ1) is 14.4. The van der Waals surface area contributed by atoms with E-state index in [0.29, 0.717) is 18.8 Å². The third-order valence-electron chi connectivity index (χ3n) is 3.51. The Balaban J connectivity index is 2.16. The van der Waals surface area contributed by atoms with Gasteiger partial charge < -0.3 is 15.2 Å². The maximum absolute atomic E-state index is 12.4. The molecule has 5 heteroatoms. The van der Waals surface area contributed by atoms with E-state index in [-0.39, 0.29) is 17.7 Å². The van der Waals surface area contributed by atoms with Crippen LogP contribution in [0.2, 0.25) is 0 Å². The Morgan fingerprint density at radius 3 is 2.70 bits per heavy atom. The van der Waals surface area contributed by atoms with Crippen LogP contribution in [0.25, 0.3) is 0 Å². The van der Waals surface area contributed by atoms with Gasteiger partial charge in [0.25, 0.3) is 0 Å². The minimum atomic E-state index is -1.01. The van der Waals surface area contributed by atoms with Crippen molar-refractivity contribution in [2.75, 3.05) is 6.61 Å². The van der Waals surface area contributed by atoms with Gasteiger partial charge in [-0.25, -0.2) is 4.79 Å². The van der Waals surface area contributed by atoms with E-state index in [1.165, 1.54) is 0 Å². The summed E-state index contributed by atoms with van der Waals surface area (Å²) in [5.74, 6) is -1.06. The van der Waals surface area contributed by atoms with Crippen LogP contribution in [0, 0.1) is 5.92 Å². The van der Waals surface area contributed by atoms with Gasteiger partial charge in [-0.15, -0.1) is 0 Å². The summed E-state index contributed by atoms with van der Waals surface area (Å²) in [5.41, 5.74) is 0.823. The lowest BCUT2D eigenvalue weighted by Gasteiger charge is -2.27. The fourth-order valence-corrected chi connectivity index (χ4v) is 2.38. The predicted molar refractivity (Wildman–Crippen MR) is 73.7 cm³/mol. The van der Waals surface area contributed by atoms with Gasteiger partial charge in [0.15, 0.2) is 0 Å². The number of nitrogens with one attached hydrogen (secondary N) is 1. The van der Waals surface area contributed by atoms with Crippen LogP contribution in [0.5, 0.6) is 5.75 Å². The first-order chi connectivity index (χ1) is 9.50. The summed E-state index contributed by atoms with van der Waals surface area (Å²) >= 11 is 0. The summed E-state index contributed by atoms with van der Waals surface area (Å²) in [7, 11) is 0. The van der Waals surface area contributed by atoms with Gasteiger partial charge in [0.2, 0.25) is 5.91 Å². The third-order valence-corrected chi connectivity index (χ3v) is 3.51. The van der Waals surface area contributed by atoms with Gasteiger partial charge in [0.1, 0.15) is 11.8 Å². The van der Waals surface area contributed by atoms with Crippen molar-refractivity contribution in [1.29, 1.82) is 0 Å². The Hall–Kier alpha value is -2.04. The topological polar surface area (TPSA) is 75.6 Å². The third kappa shape index (κ3) is 2.92. The van der Waals surface area contributed by atoms with E-state index < -0.39 is 12.0 Å². The van der Waals surface area contributed by atoms with E-state index >= 15 is 0 Å². The molecule has 0 aromatic heterocycles. The number of hydrogen-bond donors (Lipinski definition) is 2. The van der Waals surface area contributed by atoms with Crippen molar-refractivity contribution in [3.05, 3.63) is 29.8 Å². The van der Waals surface area contributed by atoms with E-state index in [0.717, 1.165) is 5.56 Å². The van der Waals surface area contributed by atoms with Gasteiger partial charge in [-0.3, -0.25) is 4.79 Å². The summed E-state index contributed by atoms with van der Waals surface area (Å²) < 4.78 is 5.51. The van der Waals surface area contributed by atoms with Crippen molar-refractivity contribution in [1.82, 2.24) is 5.32 Å². The van der Waals surface area contributed by atoms with Gasteiger partial charge in [0, 0.05) is 5.56 Å². The minimum Gasteiger partial charge on any atom is -0.493 e. The number of carboxylic acids is 1. The lowest BCUT2D eigenvalue weighted by molar-refractivity contribution is -0.143. The molecule has 2 N–H and O–H groups in total. The van der Waals surface area contributed by atoms with Crippen LogP contribution >= 0.6 is 0 Å². The number of para-hydroxylation sites is 1. The Bertz CT molecular complexity index is 512. The van der Waals surface area contributed by atoms with Crippen LogP contribution in [-0.4, -0.2) is 29.6 Å². The highest BCUT2D eigenvalue weighted by molar-refractivity contribution is 5.88. The van der Waals surface area contributed by atoms with E-state index in [9.17, 15) is 9.59 Å². The summed E-state index contributed by atoms with van der Waals surface area (Å²) in [4.78, 5) is 23.5. The first-order valence-corrected chi connectivity index (χ1v) is 6.75. The lowest BCUT2D eigenvalue weighted by Crippen LogP contribution is -2.46. The highest BCUT2D eigenvalue weighted by Gasteiger charge is 2.31. The molecule has 2 atom stereocenters. The van der Waals surface area contributed by atoms with Crippen molar-refractivity contribution in [3.63, 3.8) is 0 Å². The molecular weight excluding hydrogens is 258 g/mol. The number of benzene rings is 1. The van der Waals surface area contributed by atoms with Gasteiger partial charge in [-0.1, -0.05) is 32.0 Å². The zero-order valence-electron chi connectivity index (χ0n) is 11.6. The van der Waals surface area contributed by atoms with Crippen molar-refractivity contribution in [2.24, 2.45) is 5.92 Å². The van der Waals surface area contributed by atoms with Gasteiger partial charge in [0.05, 0.1) is 12.5 Å². The largest absolute Gasteiger partial charge is 0.493 e. The number of aliphatic carboxylic acids is 1. The average molecular weight is 277 g/mol. The SMILES string of the molecule is CC(C)[C@H](NC(=O)C1CCOc2ccccc21)C(=O)O. The van der Waals surface area contributed by atoms with Crippen LogP contribution in [0.3, 0.4) is 0 Å². The molecule has 0 spiro atoms. The second-order valence-corrected chi connectivity index (χ2v) is 5.30. The van der Waals surface area contributed by atoms with Crippen LogP contribution in [-0.2, 0) is 9.59 Å². The fourth-order valence-electron chi connectivity index (χ4n) is 2.38. The predicted octanol–water partition coefficient (Wildman–Crippen LogP) is 1.78. The normalized spacial score (nSPS) is 18.9. The second-order valence-electron chi connectivity index (χ2n) is 5.30. The smallest absolute Gasteiger partial charge is 0.326 e. The van der Waals surface area contributed by atoms with E-state index in [1.54, 1.807) is 13.8 Å². The van der Waals surface area contributed by atoms with Crippen LogP contribution < -0.4 is 10.1 Å². The lowest BCUT2D eigenvalue weighted by atomic mass is 9.91. The zero-order chi connectivity index (χ0) is 14.7. The molecule has 1 aliphatic rings. The fraction of sp³-hybridized carbons (Fsp3) is 0.467. The number of ether oxygens (including phenoxy) is 1. The van der Waals surface area contributed by atoms with E-state index in [4.69, 9.17) is 9.84 Å². The molecule has 0 saturated carbocycles. The van der Waals surface area contributed by atoms with Gasteiger partial charge >= 0.3 is 5.97 Å². The highest BCUT2D eigenvalue weighted by atomic mass is 16.5. The Morgan fingerprint density at radius 1 is 1.35 bits per heavy atom. The number of rotatable bonds is 4. The highest BCUT2D eigenvalue weighted by Crippen LogP contribution is 2.33. The number of amides is 1. The Morgan fingerprint density at radius 2 is 2.05 bits per heavy atom. The molecule has 1 amide bonds. The number of fused-ring (bicyclic) bond motifs is 1. The summed E-state index contributed by atoms with van der Waals surface area (Å²) in [6.07, 6.45) is 0.563. The molecule has 1 unspecified atom stereocenters. The van der Waals surface area contributed by atoms with Crippen molar-refractivity contribution in [2.45, 2.75) is 32.2 Å². The second kappa shape index (κ2) is 5.94. The van der Waals surface area contributed by atoms with Crippen LogP contribution in [0.15, 0.2) is 24.3 Å². The monoisotopic (exact) mass is 277 g/mol.